The molecule has 0 fully saturated rings. The zero-order chi connectivity index (χ0) is 26.6. The molecule has 0 aromatic carbocycles. The van der Waals surface area contributed by atoms with Crippen molar-refractivity contribution in [3.63, 3.8) is 0 Å². The standard InChI is InChI=1S/C19H30N4O11/c1-3-8(2)15(18(32)22-11(19(33)34)7-14(28)29)23-17(31)10(4-5-12(24)25)21-16(30)9(20)6-13(26)27/h8-11,15H,3-7,20H2,1-2H3,(H,21,30)(H,22,32)(H,23,31)(H,24,25)(H,26,27)(H,28,29)(H,33,34)/t8-,9-,10-,11-,15-/m0/s1. The lowest BCUT2D eigenvalue weighted by Crippen LogP contribution is -2.59. The van der Waals surface area contributed by atoms with E-state index in [2.05, 4.69) is 10.6 Å². The zero-order valence-electron chi connectivity index (χ0n) is 18.6. The van der Waals surface area contributed by atoms with E-state index in [4.69, 9.17) is 26.2 Å². The number of rotatable bonds is 16. The number of nitrogens with one attached hydrogen (secondary N) is 3. The van der Waals surface area contributed by atoms with Crippen molar-refractivity contribution in [3.05, 3.63) is 0 Å². The summed E-state index contributed by atoms with van der Waals surface area (Å²) in [4.78, 5) is 81.4. The Morgan fingerprint density at radius 3 is 1.71 bits per heavy atom. The Labute approximate surface area is 194 Å². The first kappa shape index (κ1) is 30.2. The van der Waals surface area contributed by atoms with Crippen molar-refractivity contribution in [3.8, 4) is 0 Å². The van der Waals surface area contributed by atoms with E-state index in [0.29, 0.717) is 6.42 Å². The molecule has 0 rings (SSSR count). The van der Waals surface area contributed by atoms with Crippen molar-refractivity contribution in [1.82, 2.24) is 16.0 Å². The van der Waals surface area contributed by atoms with E-state index < -0.39 is 97.4 Å². The van der Waals surface area contributed by atoms with Gasteiger partial charge >= 0.3 is 23.9 Å². The van der Waals surface area contributed by atoms with E-state index in [1.54, 1.807) is 13.8 Å². The third kappa shape index (κ3) is 11.2. The monoisotopic (exact) mass is 490 g/mol. The van der Waals surface area contributed by atoms with Gasteiger partial charge in [-0.1, -0.05) is 20.3 Å². The molecule has 0 heterocycles. The maximum Gasteiger partial charge on any atom is 0.326 e. The van der Waals surface area contributed by atoms with Crippen LogP contribution >= 0.6 is 0 Å². The summed E-state index contributed by atoms with van der Waals surface area (Å²) >= 11 is 0. The molecule has 0 aliphatic heterocycles. The molecule has 0 aromatic rings. The number of amides is 3. The van der Waals surface area contributed by atoms with Crippen LogP contribution < -0.4 is 21.7 Å². The Kier molecular flexibility index (Phi) is 12.8. The van der Waals surface area contributed by atoms with Gasteiger partial charge in [-0.15, -0.1) is 0 Å². The van der Waals surface area contributed by atoms with Crippen LogP contribution in [0, 0.1) is 5.92 Å². The van der Waals surface area contributed by atoms with Crippen molar-refractivity contribution < 1.29 is 54.0 Å². The van der Waals surface area contributed by atoms with E-state index in [-0.39, 0.29) is 0 Å². The summed E-state index contributed by atoms with van der Waals surface area (Å²) < 4.78 is 0. The van der Waals surface area contributed by atoms with Gasteiger partial charge in [-0.2, -0.15) is 0 Å². The van der Waals surface area contributed by atoms with Crippen LogP contribution in [-0.4, -0.2) is 86.2 Å². The second kappa shape index (κ2) is 14.4. The summed E-state index contributed by atoms with van der Waals surface area (Å²) in [6.07, 6.45) is -2.33. The molecule has 0 radical (unpaired) electrons. The summed E-state index contributed by atoms with van der Waals surface area (Å²) in [5.74, 6) is -9.37. The quantitative estimate of drug-likeness (QED) is 0.114. The SMILES string of the molecule is CC[C@H](C)[C@H](NC(=O)[C@H](CCC(=O)O)NC(=O)[C@@H](N)CC(=O)O)C(=O)N[C@@H](CC(=O)O)C(=O)O. The van der Waals surface area contributed by atoms with Gasteiger partial charge in [0.25, 0.3) is 0 Å². The molecule has 34 heavy (non-hydrogen) atoms. The fourth-order valence-electron chi connectivity index (χ4n) is 2.69. The Bertz CT molecular complexity index is 801. The Morgan fingerprint density at radius 1 is 0.735 bits per heavy atom. The average Bonchev–Trinajstić information content (AvgIpc) is 2.72. The van der Waals surface area contributed by atoms with E-state index in [0.717, 1.165) is 0 Å². The predicted octanol–water partition coefficient (Wildman–Crippen LogP) is -2.29. The Morgan fingerprint density at radius 2 is 1.26 bits per heavy atom. The zero-order valence-corrected chi connectivity index (χ0v) is 18.6. The number of nitrogens with two attached hydrogens (primary N) is 1. The van der Waals surface area contributed by atoms with Crippen LogP contribution in [0.15, 0.2) is 0 Å². The smallest absolute Gasteiger partial charge is 0.326 e. The Balaban J connectivity index is 5.65. The van der Waals surface area contributed by atoms with Crippen LogP contribution in [0.5, 0.6) is 0 Å². The topological polar surface area (TPSA) is 263 Å². The minimum absolute atomic E-state index is 0.324. The molecule has 192 valence electrons. The summed E-state index contributed by atoms with van der Waals surface area (Å²) in [5.41, 5.74) is 5.46. The molecule has 15 nitrogen and oxygen atoms in total. The van der Waals surface area contributed by atoms with Gasteiger partial charge in [0.2, 0.25) is 17.7 Å². The van der Waals surface area contributed by atoms with Crippen LogP contribution in [0.2, 0.25) is 0 Å². The number of hydrogen-bond donors (Lipinski definition) is 8. The molecule has 0 aromatic heterocycles. The molecule has 0 saturated heterocycles. The first-order valence-electron chi connectivity index (χ1n) is 10.2. The van der Waals surface area contributed by atoms with Crippen LogP contribution in [-0.2, 0) is 33.6 Å². The second-order valence-electron chi connectivity index (χ2n) is 7.57. The molecule has 0 aliphatic carbocycles. The van der Waals surface area contributed by atoms with Gasteiger partial charge in [0, 0.05) is 6.42 Å². The minimum Gasteiger partial charge on any atom is -0.481 e. The van der Waals surface area contributed by atoms with Gasteiger partial charge in [0.05, 0.1) is 18.9 Å². The van der Waals surface area contributed by atoms with E-state index in [1.165, 1.54) is 0 Å². The number of aliphatic carboxylic acids is 4. The lowest BCUT2D eigenvalue weighted by molar-refractivity contribution is -0.147. The van der Waals surface area contributed by atoms with Crippen LogP contribution in [0.4, 0.5) is 0 Å². The number of carbonyl (C=O) groups is 7. The lowest BCUT2D eigenvalue weighted by atomic mass is 9.97. The number of carboxylic acids is 4. The molecule has 0 aliphatic rings. The summed E-state index contributed by atoms with van der Waals surface area (Å²) in [6, 6.07) is -6.16. The maximum atomic E-state index is 12.8. The molecule has 0 saturated carbocycles. The van der Waals surface area contributed by atoms with Crippen molar-refractivity contribution in [2.75, 3.05) is 0 Å². The molecule has 15 heteroatoms. The van der Waals surface area contributed by atoms with Gasteiger partial charge in [-0.25, -0.2) is 4.79 Å². The average molecular weight is 490 g/mol. The van der Waals surface area contributed by atoms with Gasteiger partial charge in [-0.3, -0.25) is 28.8 Å². The number of carbonyl (C=O) groups excluding carboxylic acids is 3. The lowest BCUT2D eigenvalue weighted by Gasteiger charge is -2.27. The van der Waals surface area contributed by atoms with Crippen molar-refractivity contribution in [2.24, 2.45) is 11.7 Å². The summed E-state index contributed by atoms with van der Waals surface area (Å²) in [6.45, 7) is 3.21. The number of carboxylic acid groups (broad SMARTS) is 4. The molecule has 0 bridgehead atoms. The third-order valence-corrected chi connectivity index (χ3v) is 4.80. The highest BCUT2D eigenvalue weighted by atomic mass is 16.4. The normalized spacial score (nSPS) is 15.0. The Hall–Kier alpha value is -3.75. The van der Waals surface area contributed by atoms with Crippen LogP contribution in [0.3, 0.4) is 0 Å². The van der Waals surface area contributed by atoms with Crippen molar-refractivity contribution >= 4 is 41.6 Å². The molecular formula is C19H30N4O11. The molecule has 0 spiro atoms. The summed E-state index contributed by atoms with van der Waals surface area (Å²) in [7, 11) is 0. The highest BCUT2D eigenvalue weighted by Crippen LogP contribution is 2.10. The van der Waals surface area contributed by atoms with Crippen molar-refractivity contribution in [2.45, 2.75) is 70.1 Å². The molecular weight excluding hydrogens is 460 g/mol. The van der Waals surface area contributed by atoms with Gasteiger partial charge < -0.3 is 42.1 Å². The van der Waals surface area contributed by atoms with Gasteiger partial charge in [-0.05, 0) is 12.3 Å². The van der Waals surface area contributed by atoms with Gasteiger partial charge in [0.15, 0.2) is 0 Å². The van der Waals surface area contributed by atoms with Gasteiger partial charge in [0.1, 0.15) is 18.1 Å². The fraction of sp³-hybridized carbons (Fsp3) is 0.632. The third-order valence-electron chi connectivity index (χ3n) is 4.80. The minimum atomic E-state index is -1.77. The highest BCUT2D eigenvalue weighted by Gasteiger charge is 2.33. The second-order valence-corrected chi connectivity index (χ2v) is 7.57. The van der Waals surface area contributed by atoms with Crippen LogP contribution in [0.25, 0.3) is 0 Å². The molecule has 5 atom stereocenters. The molecule has 3 amide bonds. The predicted molar refractivity (Wildman–Crippen MR) is 112 cm³/mol. The fourth-order valence-corrected chi connectivity index (χ4v) is 2.69. The number of hydrogen-bond acceptors (Lipinski definition) is 8. The first-order valence-corrected chi connectivity index (χ1v) is 10.2. The van der Waals surface area contributed by atoms with Crippen molar-refractivity contribution in [1.29, 1.82) is 0 Å². The highest BCUT2D eigenvalue weighted by molar-refractivity contribution is 5.95. The van der Waals surface area contributed by atoms with E-state index in [1.807, 2.05) is 5.32 Å². The first-order chi connectivity index (χ1) is 15.7. The molecule has 0 unspecified atom stereocenters. The summed E-state index contributed by atoms with van der Waals surface area (Å²) in [5, 5.41) is 42.1. The largest absolute Gasteiger partial charge is 0.481 e. The van der Waals surface area contributed by atoms with Crippen LogP contribution in [0.1, 0.15) is 46.0 Å². The maximum absolute atomic E-state index is 12.8. The molecule has 9 N–H and O–H groups in total. The van der Waals surface area contributed by atoms with E-state index in [9.17, 15) is 33.6 Å². The van der Waals surface area contributed by atoms with E-state index >= 15 is 0 Å².